The third-order valence-electron chi connectivity index (χ3n) is 4.75. The Morgan fingerprint density at radius 2 is 1.64 bits per heavy atom. The van der Waals surface area contributed by atoms with E-state index in [0.717, 1.165) is 44.7 Å². The summed E-state index contributed by atoms with van der Waals surface area (Å²) in [5.41, 5.74) is 1.77. The predicted octanol–water partition coefficient (Wildman–Crippen LogP) is 2.81. The number of hydrogen-bond acceptors (Lipinski definition) is 5. The van der Waals surface area contributed by atoms with Crippen molar-refractivity contribution in [2.75, 3.05) is 43.0 Å². The van der Waals surface area contributed by atoms with Crippen LogP contribution in [0.15, 0.2) is 24.3 Å². The average molecular weight is 389 g/mol. The fourth-order valence-electron chi connectivity index (χ4n) is 3.13. The van der Waals surface area contributed by atoms with E-state index in [2.05, 4.69) is 17.1 Å². The van der Waals surface area contributed by atoms with Gasteiger partial charge in [0, 0.05) is 50.4 Å². The van der Waals surface area contributed by atoms with E-state index in [9.17, 15) is 14.4 Å². The molecule has 1 heterocycles. The number of carbonyl (C=O) groups is 3. The molecule has 0 bridgehead atoms. The lowest BCUT2D eigenvalue weighted by atomic mass is 10.2. The van der Waals surface area contributed by atoms with Gasteiger partial charge in [-0.3, -0.25) is 14.4 Å². The smallest absolute Gasteiger partial charge is 0.306 e. The summed E-state index contributed by atoms with van der Waals surface area (Å²) in [5.74, 6) is -0.317. The number of esters is 1. The minimum absolute atomic E-state index is 0.0824. The summed E-state index contributed by atoms with van der Waals surface area (Å²) in [6, 6.07) is 7.65. The maximum absolute atomic E-state index is 12.1. The molecule has 0 spiro atoms. The molecular formula is C21H31N3O4. The van der Waals surface area contributed by atoms with Crippen LogP contribution in [0.3, 0.4) is 0 Å². The zero-order chi connectivity index (χ0) is 20.4. The summed E-state index contributed by atoms with van der Waals surface area (Å²) < 4.78 is 4.82. The molecule has 1 aromatic rings. The van der Waals surface area contributed by atoms with Crippen molar-refractivity contribution in [2.24, 2.45) is 0 Å². The molecule has 28 heavy (non-hydrogen) atoms. The Kier molecular flexibility index (Phi) is 8.78. The van der Waals surface area contributed by atoms with E-state index in [0.29, 0.717) is 18.7 Å². The van der Waals surface area contributed by atoms with Crippen molar-refractivity contribution < 1.29 is 19.1 Å². The van der Waals surface area contributed by atoms with Crippen molar-refractivity contribution in [1.29, 1.82) is 0 Å². The van der Waals surface area contributed by atoms with Gasteiger partial charge in [-0.2, -0.15) is 0 Å². The number of anilines is 2. The van der Waals surface area contributed by atoms with Crippen LogP contribution >= 0.6 is 0 Å². The number of carbonyl (C=O) groups excluding carboxylic acids is 3. The second-order valence-electron chi connectivity index (χ2n) is 6.87. The van der Waals surface area contributed by atoms with Crippen LogP contribution in [0.5, 0.6) is 0 Å². The third-order valence-corrected chi connectivity index (χ3v) is 4.75. The van der Waals surface area contributed by atoms with E-state index in [1.807, 2.05) is 29.2 Å². The number of ether oxygens (including phenoxy) is 1. The van der Waals surface area contributed by atoms with Crippen LogP contribution in [0, 0.1) is 0 Å². The Morgan fingerprint density at radius 1 is 0.964 bits per heavy atom. The fraction of sp³-hybridized carbons (Fsp3) is 0.571. The molecule has 2 amide bonds. The predicted molar refractivity (Wildman–Crippen MR) is 109 cm³/mol. The number of piperazine rings is 1. The first-order valence-electron chi connectivity index (χ1n) is 10.1. The Morgan fingerprint density at radius 3 is 2.25 bits per heavy atom. The van der Waals surface area contributed by atoms with Gasteiger partial charge < -0.3 is 19.9 Å². The lowest BCUT2D eigenvalue weighted by Crippen LogP contribution is -2.48. The Balaban J connectivity index is 1.77. The molecule has 7 heteroatoms. The van der Waals surface area contributed by atoms with Crippen LogP contribution in [0.4, 0.5) is 11.4 Å². The van der Waals surface area contributed by atoms with Crippen molar-refractivity contribution in [2.45, 2.75) is 46.0 Å². The SMILES string of the molecule is CCCCC(=O)N1CCN(c2ccc(NC(=O)CCC(=O)OCC)cc2)CC1. The number of rotatable bonds is 9. The molecule has 1 fully saturated rings. The molecule has 154 valence electrons. The van der Waals surface area contributed by atoms with E-state index in [4.69, 9.17) is 4.74 Å². The second-order valence-corrected chi connectivity index (χ2v) is 6.87. The highest BCUT2D eigenvalue weighted by Crippen LogP contribution is 2.20. The lowest BCUT2D eigenvalue weighted by Gasteiger charge is -2.36. The summed E-state index contributed by atoms with van der Waals surface area (Å²) in [5, 5.41) is 2.79. The normalized spacial score (nSPS) is 13.9. The van der Waals surface area contributed by atoms with Gasteiger partial charge in [0.25, 0.3) is 0 Å². The summed E-state index contributed by atoms with van der Waals surface area (Å²) in [7, 11) is 0. The third kappa shape index (κ3) is 6.87. The molecule has 1 aromatic carbocycles. The Hall–Kier alpha value is -2.57. The standard InChI is InChI=1S/C21H31N3O4/c1-3-5-6-20(26)24-15-13-23(14-16-24)18-9-7-17(8-10-18)22-19(25)11-12-21(27)28-4-2/h7-10H,3-6,11-16H2,1-2H3,(H,22,25). The lowest BCUT2D eigenvalue weighted by molar-refractivity contribution is -0.144. The first-order chi connectivity index (χ1) is 13.5. The average Bonchev–Trinajstić information content (AvgIpc) is 2.71. The largest absolute Gasteiger partial charge is 0.466 e. The van der Waals surface area contributed by atoms with E-state index in [1.54, 1.807) is 6.92 Å². The van der Waals surface area contributed by atoms with Crippen molar-refractivity contribution in [1.82, 2.24) is 4.90 Å². The van der Waals surface area contributed by atoms with Crippen LogP contribution in [-0.4, -0.2) is 55.5 Å². The molecule has 0 unspecified atom stereocenters. The topological polar surface area (TPSA) is 79.0 Å². The van der Waals surface area contributed by atoms with Crippen LogP contribution < -0.4 is 10.2 Å². The quantitative estimate of drug-likeness (QED) is 0.657. The minimum Gasteiger partial charge on any atom is -0.466 e. The molecule has 7 nitrogen and oxygen atoms in total. The van der Waals surface area contributed by atoms with Crippen molar-refractivity contribution in [3.8, 4) is 0 Å². The van der Waals surface area contributed by atoms with Gasteiger partial charge in [0.05, 0.1) is 13.0 Å². The van der Waals surface area contributed by atoms with Gasteiger partial charge in [-0.25, -0.2) is 0 Å². The van der Waals surface area contributed by atoms with Crippen molar-refractivity contribution in [3.05, 3.63) is 24.3 Å². The molecule has 1 N–H and O–H groups in total. The number of nitrogens with one attached hydrogen (secondary N) is 1. The number of unbranched alkanes of at least 4 members (excludes halogenated alkanes) is 1. The van der Waals surface area contributed by atoms with Crippen molar-refractivity contribution >= 4 is 29.2 Å². The number of benzene rings is 1. The van der Waals surface area contributed by atoms with Crippen LogP contribution in [-0.2, 0) is 19.1 Å². The number of hydrogen-bond donors (Lipinski definition) is 1. The van der Waals surface area contributed by atoms with Crippen LogP contribution in [0.25, 0.3) is 0 Å². The molecule has 0 aliphatic carbocycles. The molecule has 2 rings (SSSR count). The summed E-state index contributed by atoms with van der Waals surface area (Å²) in [4.78, 5) is 39.5. The zero-order valence-corrected chi connectivity index (χ0v) is 16.9. The number of amides is 2. The number of nitrogens with zero attached hydrogens (tertiary/aromatic N) is 2. The van der Waals surface area contributed by atoms with Crippen LogP contribution in [0.2, 0.25) is 0 Å². The maximum atomic E-state index is 12.1. The molecule has 1 aliphatic rings. The molecule has 1 saturated heterocycles. The molecule has 0 aromatic heterocycles. The summed E-state index contributed by atoms with van der Waals surface area (Å²) in [6.45, 7) is 7.26. The van der Waals surface area contributed by atoms with Gasteiger partial charge in [0.15, 0.2) is 0 Å². The Labute approximate surface area is 167 Å². The zero-order valence-electron chi connectivity index (χ0n) is 16.9. The van der Waals surface area contributed by atoms with Gasteiger partial charge >= 0.3 is 5.97 Å². The molecule has 0 saturated carbocycles. The van der Waals surface area contributed by atoms with Gasteiger partial charge in [0.1, 0.15) is 0 Å². The van der Waals surface area contributed by atoms with Crippen LogP contribution in [0.1, 0.15) is 46.0 Å². The van der Waals surface area contributed by atoms with E-state index < -0.39 is 0 Å². The summed E-state index contributed by atoms with van der Waals surface area (Å²) >= 11 is 0. The Bertz CT molecular complexity index is 652. The minimum atomic E-state index is -0.361. The van der Waals surface area contributed by atoms with Gasteiger partial charge in [-0.15, -0.1) is 0 Å². The van der Waals surface area contributed by atoms with E-state index >= 15 is 0 Å². The molecule has 0 radical (unpaired) electrons. The first-order valence-corrected chi connectivity index (χ1v) is 10.1. The highest BCUT2D eigenvalue weighted by molar-refractivity contribution is 5.92. The summed E-state index contributed by atoms with van der Waals surface area (Å²) in [6.07, 6.45) is 2.82. The highest BCUT2D eigenvalue weighted by atomic mass is 16.5. The van der Waals surface area contributed by atoms with Crippen molar-refractivity contribution in [3.63, 3.8) is 0 Å². The van der Waals surface area contributed by atoms with E-state index in [-0.39, 0.29) is 30.6 Å². The molecule has 0 atom stereocenters. The molecule has 1 aliphatic heterocycles. The van der Waals surface area contributed by atoms with Gasteiger partial charge in [-0.05, 0) is 37.6 Å². The second kappa shape index (κ2) is 11.3. The highest BCUT2D eigenvalue weighted by Gasteiger charge is 2.20. The maximum Gasteiger partial charge on any atom is 0.306 e. The van der Waals surface area contributed by atoms with Gasteiger partial charge in [-0.1, -0.05) is 13.3 Å². The van der Waals surface area contributed by atoms with E-state index in [1.165, 1.54) is 0 Å². The molecular weight excluding hydrogens is 358 g/mol. The fourth-order valence-corrected chi connectivity index (χ4v) is 3.13. The van der Waals surface area contributed by atoms with Gasteiger partial charge in [0.2, 0.25) is 11.8 Å². The first kappa shape index (κ1) is 21.7. The monoisotopic (exact) mass is 389 g/mol.